The molecule has 0 aliphatic carbocycles. The van der Waals surface area contributed by atoms with E-state index in [0.717, 1.165) is 5.71 Å². The van der Waals surface area contributed by atoms with E-state index in [1.54, 1.807) is 13.8 Å². The highest BCUT2D eigenvalue weighted by Crippen LogP contribution is 2.13. The summed E-state index contributed by atoms with van der Waals surface area (Å²) >= 11 is 0. The van der Waals surface area contributed by atoms with E-state index in [1.165, 1.54) is 0 Å². The number of hydrogen-bond donors (Lipinski definition) is 1. The van der Waals surface area contributed by atoms with Gasteiger partial charge in [0, 0.05) is 12.1 Å². The summed E-state index contributed by atoms with van der Waals surface area (Å²) in [6.45, 7) is 3.91. The van der Waals surface area contributed by atoms with Crippen LogP contribution in [0.5, 0.6) is 0 Å². The number of hydrazone groups is 1. The molecule has 0 radical (unpaired) electrons. The van der Waals surface area contributed by atoms with Gasteiger partial charge < -0.3 is 4.74 Å². The molecular weight excluding hydrogens is 184 g/mol. The minimum Gasteiger partial charge on any atom is -0.466 e. The molecule has 1 amide bonds. The van der Waals surface area contributed by atoms with Crippen LogP contribution in [0.2, 0.25) is 0 Å². The van der Waals surface area contributed by atoms with E-state index >= 15 is 0 Å². The normalized spacial score (nSPS) is 20.3. The molecule has 0 saturated carbocycles. The number of amides is 1. The minimum atomic E-state index is -0.264. The van der Waals surface area contributed by atoms with Gasteiger partial charge >= 0.3 is 5.97 Å². The number of rotatable bonds is 4. The first kappa shape index (κ1) is 10.7. The van der Waals surface area contributed by atoms with Crippen LogP contribution < -0.4 is 5.43 Å². The predicted octanol–water partition coefficient (Wildman–Crippen LogP) is 0.452. The molecule has 5 nitrogen and oxygen atoms in total. The molecule has 0 fully saturated rings. The van der Waals surface area contributed by atoms with Crippen molar-refractivity contribution in [3.63, 3.8) is 0 Å². The van der Waals surface area contributed by atoms with E-state index in [0.29, 0.717) is 13.0 Å². The smallest absolute Gasteiger partial charge is 0.305 e. The lowest BCUT2D eigenvalue weighted by Crippen LogP contribution is -2.23. The van der Waals surface area contributed by atoms with Crippen molar-refractivity contribution in [3.05, 3.63) is 0 Å². The Labute approximate surface area is 82.5 Å². The largest absolute Gasteiger partial charge is 0.466 e. The average molecular weight is 198 g/mol. The lowest BCUT2D eigenvalue weighted by atomic mass is 9.99. The topological polar surface area (TPSA) is 67.8 Å². The zero-order valence-corrected chi connectivity index (χ0v) is 8.37. The van der Waals surface area contributed by atoms with Crippen LogP contribution in [0, 0.1) is 5.92 Å². The summed E-state index contributed by atoms with van der Waals surface area (Å²) in [5, 5.41) is 3.79. The zero-order valence-electron chi connectivity index (χ0n) is 8.37. The van der Waals surface area contributed by atoms with Crippen molar-refractivity contribution >= 4 is 17.6 Å². The second kappa shape index (κ2) is 4.74. The van der Waals surface area contributed by atoms with Gasteiger partial charge in [0.1, 0.15) is 0 Å². The van der Waals surface area contributed by atoms with E-state index in [9.17, 15) is 9.59 Å². The van der Waals surface area contributed by atoms with Gasteiger partial charge in [-0.3, -0.25) is 9.59 Å². The minimum absolute atomic E-state index is 0.133. The van der Waals surface area contributed by atoms with Gasteiger partial charge in [0.25, 0.3) is 0 Å². The monoisotopic (exact) mass is 198 g/mol. The van der Waals surface area contributed by atoms with Crippen molar-refractivity contribution in [2.24, 2.45) is 11.0 Å². The Bertz CT molecular complexity index is 273. The van der Waals surface area contributed by atoms with E-state index < -0.39 is 0 Å². The van der Waals surface area contributed by atoms with Gasteiger partial charge in [-0.1, -0.05) is 0 Å². The van der Waals surface area contributed by atoms with Gasteiger partial charge in [0.05, 0.1) is 12.5 Å². The van der Waals surface area contributed by atoms with Crippen molar-refractivity contribution in [1.29, 1.82) is 0 Å². The summed E-state index contributed by atoms with van der Waals surface area (Å²) in [5.74, 6) is -0.661. The number of ether oxygens (including phenoxy) is 1. The van der Waals surface area contributed by atoms with Crippen LogP contribution in [0.1, 0.15) is 26.7 Å². The van der Waals surface area contributed by atoms with E-state index in [4.69, 9.17) is 4.74 Å². The quantitative estimate of drug-likeness (QED) is 0.667. The van der Waals surface area contributed by atoms with E-state index in [-0.39, 0.29) is 24.2 Å². The fraction of sp³-hybridized carbons (Fsp3) is 0.667. The zero-order chi connectivity index (χ0) is 10.6. The van der Waals surface area contributed by atoms with Gasteiger partial charge in [0.15, 0.2) is 0 Å². The Balaban J connectivity index is 2.34. The number of nitrogens with zero attached hydrogens (tertiary/aromatic N) is 1. The maximum Gasteiger partial charge on any atom is 0.305 e. The molecule has 78 valence electrons. The van der Waals surface area contributed by atoms with Crippen molar-refractivity contribution < 1.29 is 14.3 Å². The lowest BCUT2D eigenvalue weighted by molar-refractivity contribution is -0.143. The molecule has 1 rings (SSSR count). The Morgan fingerprint density at radius 2 is 2.36 bits per heavy atom. The molecule has 1 aliphatic rings. The van der Waals surface area contributed by atoms with Crippen LogP contribution in [0.4, 0.5) is 0 Å². The molecule has 1 aliphatic heterocycles. The summed E-state index contributed by atoms with van der Waals surface area (Å²) in [6, 6.07) is 0. The second-order valence-corrected chi connectivity index (χ2v) is 3.13. The summed E-state index contributed by atoms with van der Waals surface area (Å²) in [4.78, 5) is 22.2. The summed E-state index contributed by atoms with van der Waals surface area (Å²) < 4.78 is 4.76. The Kier molecular flexibility index (Phi) is 3.62. The molecule has 0 bridgehead atoms. The highest BCUT2D eigenvalue weighted by Gasteiger charge is 2.27. The molecule has 5 heteroatoms. The summed E-state index contributed by atoms with van der Waals surface area (Å²) in [5.41, 5.74) is 3.11. The Hall–Kier alpha value is -1.39. The van der Waals surface area contributed by atoms with E-state index in [2.05, 4.69) is 10.5 Å². The highest BCUT2D eigenvalue weighted by atomic mass is 16.5. The number of carbonyl (C=O) groups is 2. The van der Waals surface area contributed by atoms with Crippen molar-refractivity contribution in [2.45, 2.75) is 26.7 Å². The maximum atomic E-state index is 11.2. The van der Waals surface area contributed by atoms with Gasteiger partial charge in [-0.2, -0.15) is 5.10 Å². The molecule has 14 heavy (non-hydrogen) atoms. The van der Waals surface area contributed by atoms with Crippen molar-refractivity contribution in [2.75, 3.05) is 6.61 Å². The lowest BCUT2D eigenvalue weighted by Gasteiger charge is -2.06. The van der Waals surface area contributed by atoms with Crippen LogP contribution in [-0.2, 0) is 14.3 Å². The number of nitrogens with one attached hydrogen (secondary N) is 1. The molecule has 0 aromatic heterocycles. The number of esters is 1. The average Bonchev–Trinajstić information content (AvgIpc) is 2.44. The maximum absolute atomic E-state index is 11.2. The van der Waals surface area contributed by atoms with Crippen molar-refractivity contribution in [3.8, 4) is 0 Å². The summed E-state index contributed by atoms with van der Waals surface area (Å²) in [7, 11) is 0. The molecule has 1 heterocycles. The van der Waals surface area contributed by atoms with Crippen LogP contribution in [0.3, 0.4) is 0 Å². The molecule has 0 aromatic rings. The molecule has 0 spiro atoms. The van der Waals surface area contributed by atoms with Gasteiger partial charge in [-0.25, -0.2) is 5.43 Å². The SMILES string of the molecule is CCOC(=O)CC[C@H]1C(=O)NN=C1C. The first-order chi connectivity index (χ1) is 6.65. The van der Waals surface area contributed by atoms with Crippen LogP contribution in [0.25, 0.3) is 0 Å². The van der Waals surface area contributed by atoms with Crippen LogP contribution in [0.15, 0.2) is 5.10 Å². The first-order valence-corrected chi connectivity index (χ1v) is 4.64. The van der Waals surface area contributed by atoms with Gasteiger partial charge in [-0.15, -0.1) is 0 Å². The molecule has 1 N–H and O–H groups in total. The Morgan fingerprint density at radius 3 is 2.86 bits per heavy atom. The number of hydrogen-bond acceptors (Lipinski definition) is 4. The fourth-order valence-electron chi connectivity index (χ4n) is 1.32. The predicted molar refractivity (Wildman–Crippen MR) is 50.6 cm³/mol. The van der Waals surface area contributed by atoms with Crippen LogP contribution in [-0.4, -0.2) is 24.2 Å². The third-order valence-corrected chi connectivity index (χ3v) is 2.11. The molecule has 0 saturated heterocycles. The first-order valence-electron chi connectivity index (χ1n) is 4.64. The highest BCUT2D eigenvalue weighted by molar-refractivity contribution is 6.06. The standard InChI is InChI=1S/C9H14N2O3/c1-3-14-8(12)5-4-7-6(2)10-11-9(7)13/h7H,3-5H2,1-2H3,(H,11,13)/t7-/m1/s1. The van der Waals surface area contributed by atoms with Crippen LogP contribution >= 0.6 is 0 Å². The van der Waals surface area contributed by atoms with Crippen molar-refractivity contribution in [1.82, 2.24) is 5.43 Å². The second-order valence-electron chi connectivity index (χ2n) is 3.13. The fourth-order valence-corrected chi connectivity index (χ4v) is 1.32. The Morgan fingerprint density at radius 1 is 1.64 bits per heavy atom. The van der Waals surface area contributed by atoms with Gasteiger partial charge in [0.2, 0.25) is 5.91 Å². The number of carbonyl (C=O) groups excluding carboxylic acids is 2. The third kappa shape index (κ3) is 2.55. The summed E-state index contributed by atoms with van der Waals surface area (Å²) in [6.07, 6.45) is 0.735. The molecule has 1 atom stereocenters. The molecule has 0 unspecified atom stereocenters. The molecule has 0 aromatic carbocycles. The van der Waals surface area contributed by atoms with Gasteiger partial charge in [-0.05, 0) is 20.3 Å². The van der Waals surface area contributed by atoms with E-state index in [1.807, 2.05) is 0 Å². The molecular formula is C9H14N2O3. The third-order valence-electron chi connectivity index (χ3n) is 2.11.